The van der Waals surface area contributed by atoms with E-state index >= 15 is 0 Å². The summed E-state index contributed by atoms with van der Waals surface area (Å²) < 4.78 is 0. The molecule has 0 aromatic carbocycles. The zero-order chi connectivity index (χ0) is 6.83. The van der Waals surface area contributed by atoms with Gasteiger partial charge in [0, 0.05) is 0 Å². The molecule has 0 aromatic heterocycles. The number of hydrogen-bond acceptors (Lipinski definition) is 0. The Morgan fingerprint density at radius 2 is 1.00 bits per heavy atom. The minimum atomic E-state index is 0. The molecule has 0 rings (SSSR count). The van der Waals surface area contributed by atoms with Crippen LogP contribution in [0.15, 0.2) is 0 Å². The first kappa shape index (κ1) is 16.8. The van der Waals surface area contributed by atoms with Crippen molar-refractivity contribution in [1.82, 2.24) is 0 Å². The molecule has 0 N–H and O–H groups in total. The van der Waals surface area contributed by atoms with Gasteiger partial charge < -0.3 is 13.8 Å². The van der Waals surface area contributed by atoms with E-state index in [9.17, 15) is 0 Å². The van der Waals surface area contributed by atoms with Crippen LogP contribution in [0.3, 0.4) is 0 Å². The second-order valence-corrected chi connectivity index (χ2v) is 1.71. The van der Waals surface area contributed by atoms with Crippen LogP contribution in [-0.2, 0) is 0 Å². The molecule has 0 radical (unpaired) electrons. The van der Waals surface area contributed by atoms with Gasteiger partial charge in [0.15, 0.2) is 0 Å². The predicted octanol–water partition coefficient (Wildman–Crippen LogP) is 2.86. The maximum Gasteiger partial charge on any atom is 2.00 e. The molecule has 1 heteroatoms. The molecule has 0 fully saturated rings. The van der Waals surface area contributed by atoms with E-state index in [4.69, 9.17) is 0 Å². The molecular formula is C8H18Sr. The van der Waals surface area contributed by atoms with Crippen molar-refractivity contribution in [3.8, 4) is 0 Å². The summed E-state index contributed by atoms with van der Waals surface area (Å²) in [7, 11) is 0. The fourth-order valence-electron chi connectivity index (χ4n) is 0. The fourth-order valence-corrected chi connectivity index (χ4v) is 0. The molecule has 0 saturated carbocycles. The first-order chi connectivity index (χ1) is 3.83. The molecule has 0 heterocycles. The van der Waals surface area contributed by atoms with Crippen molar-refractivity contribution >= 4 is 45.5 Å². The molecule has 0 aliphatic carbocycles. The molecule has 0 aromatic rings. The zero-order valence-electron chi connectivity index (χ0n) is 6.95. The van der Waals surface area contributed by atoms with Gasteiger partial charge in [0.1, 0.15) is 0 Å². The van der Waals surface area contributed by atoms with Crippen molar-refractivity contribution < 1.29 is 0 Å². The molecule has 0 unspecified atom stereocenters. The van der Waals surface area contributed by atoms with Gasteiger partial charge in [0.2, 0.25) is 0 Å². The molecule has 0 nitrogen and oxygen atoms in total. The maximum atomic E-state index is 3.60. The van der Waals surface area contributed by atoms with Crippen LogP contribution in [0, 0.1) is 13.8 Å². The van der Waals surface area contributed by atoms with Gasteiger partial charge >= 0.3 is 45.5 Å². The maximum absolute atomic E-state index is 3.60. The van der Waals surface area contributed by atoms with Crippen LogP contribution < -0.4 is 0 Å². The largest absolute Gasteiger partial charge is 2.00 e. The zero-order valence-corrected chi connectivity index (χ0v) is 10.4. The fraction of sp³-hybridized carbons (Fsp3) is 0.750. The Kier molecular flexibility index (Phi) is 42.5. The van der Waals surface area contributed by atoms with E-state index in [2.05, 4.69) is 27.7 Å². The van der Waals surface area contributed by atoms with Crippen molar-refractivity contribution in [2.24, 2.45) is 0 Å². The third-order valence-electron chi connectivity index (χ3n) is 0.707. The summed E-state index contributed by atoms with van der Waals surface area (Å²) in [4.78, 5) is 0. The minimum Gasteiger partial charge on any atom is -0.343 e. The summed E-state index contributed by atoms with van der Waals surface area (Å²) in [6.07, 6.45) is 4.56. The summed E-state index contributed by atoms with van der Waals surface area (Å²) in [5.74, 6) is 0. The summed E-state index contributed by atoms with van der Waals surface area (Å²) in [5.41, 5.74) is 0. The molecule has 0 aliphatic rings. The quantitative estimate of drug-likeness (QED) is 0.476. The molecule has 0 amide bonds. The van der Waals surface area contributed by atoms with Crippen LogP contribution in [-0.4, -0.2) is 45.5 Å². The van der Waals surface area contributed by atoms with Crippen LogP contribution in [0.1, 0.15) is 39.5 Å². The van der Waals surface area contributed by atoms with Gasteiger partial charge in [-0.2, -0.15) is 12.8 Å². The van der Waals surface area contributed by atoms with Crippen molar-refractivity contribution in [2.45, 2.75) is 39.5 Å². The third-order valence-corrected chi connectivity index (χ3v) is 0.707. The first-order valence-electron chi connectivity index (χ1n) is 3.41. The van der Waals surface area contributed by atoms with Crippen LogP contribution in [0.25, 0.3) is 0 Å². The second kappa shape index (κ2) is 22.7. The van der Waals surface area contributed by atoms with Crippen LogP contribution in [0.5, 0.6) is 0 Å². The van der Waals surface area contributed by atoms with Crippen molar-refractivity contribution in [1.29, 1.82) is 0 Å². The molecule has 9 heavy (non-hydrogen) atoms. The van der Waals surface area contributed by atoms with E-state index in [1.165, 1.54) is 12.8 Å². The van der Waals surface area contributed by atoms with Crippen LogP contribution in [0.4, 0.5) is 0 Å². The van der Waals surface area contributed by atoms with E-state index in [-0.39, 0.29) is 45.5 Å². The molecule has 0 saturated heterocycles. The van der Waals surface area contributed by atoms with E-state index in [1.54, 1.807) is 0 Å². The Balaban J connectivity index is -0.0000000720. The summed E-state index contributed by atoms with van der Waals surface area (Å²) in [6.45, 7) is 11.4. The van der Waals surface area contributed by atoms with Gasteiger partial charge in [-0.25, -0.2) is 0 Å². The van der Waals surface area contributed by atoms with E-state index in [1.807, 2.05) is 0 Å². The smallest absolute Gasteiger partial charge is 0.343 e. The van der Waals surface area contributed by atoms with Gasteiger partial charge in [-0.1, -0.05) is 26.7 Å². The monoisotopic (exact) mass is 202 g/mol. The number of rotatable bonds is 2. The van der Waals surface area contributed by atoms with Gasteiger partial charge in [-0.05, 0) is 0 Å². The molecule has 0 bridgehead atoms. The van der Waals surface area contributed by atoms with Crippen molar-refractivity contribution in [2.75, 3.05) is 0 Å². The summed E-state index contributed by atoms with van der Waals surface area (Å²) >= 11 is 0. The van der Waals surface area contributed by atoms with Gasteiger partial charge in [-0.15, -0.1) is 0 Å². The van der Waals surface area contributed by atoms with Gasteiger partial charge in [0.05, 0.1) is 0 Å². The Morgan fingerprint density at radius 3 is 1.00 bits per heavy atom. The minimum absolute atomic E-state index is 0. The average molecular weight is 202 g/mol. The van der Waals surface area contributed by atoms with Crippen molar-refractivity contribution in [3.05, 3.63) is 13.8 Å². The normalized spacial score (nSPS) is 6.67. The number of unbranched alkanes of at least 4 members (excludes halogenated alkanes) is 2. The van der Waals surface area contributed by atoms with Crippen molar-refractivity contribution in [3.63, 3.8) is 0 Å². The molecular weight excluding hydrogens is 184 g/mol. The Bertz CT molecular complexity index is 12.5. The van der Waals surface area contributed by atoms with Crippen LogP contribution >= 0.6 is 0 Å². The average Bonchev–Trinajstić information content (AvgIpc) is 1.88. The molecule has 0 aliphatic heterocycles. The van der Waals surface area contributed by atoms with E-state index in [0.717, 1.165) is 12.8 Å². The van der Waals surface area contributed by atoms with E-state index in [0.29, 0.717) is 0 Å². The second-order valence-electron chi connectivity index (χ2n) is 1.71. The topological polar surface area (TPSA) is 0 Å². The number of hydrogen-bond donors (Lipinski definition) is 0. The standard InChI is InChI=1S/2C4H9.Sr/c2*1-3-4-2;/h2*1,3-4H2,2H3;/q2*-1;+2. The van der Waals surface area contributed by atoms with Gasteiger partial charge in [0.25, 0.3) is 0 Å². The van der Waals surface area contributed by atoms with E-state index < -0.39 is 0 Å². The molecule has 52 valence electrons. The first-order valence-corrected chi connectivity index (χ1v) is 3.41. The van der Waals surface area contributed by atoms with Gasteiger partial charge in [-0.3, -0.25) is 0 Å². The Hall–Kier alpha value is 1.48. The Labute approximate surface area is 97.7 Å². The summed E-state index contributed by atoms with van der Waals surface area (Å²) in [5, 5.41) is 0. The SMILES string of the molecule is [CH2-]CCC.[CH2-]CCC.[Sr+2]. The third kappa shape index (κ3) is 43.8. The van der Waals surface area contributed by atoms with Crippen LogP contribution in [0.2, 0.25) is 0 Å². The molecule has 0 atom stereocenters. The summed E-state index contributed by atoms with van der Waals surface area (Å²) in [6, 6.07) is 0. The predicted molar refractivity (Wildman–Crippen MR) is 46.3 cm³/mol. The molecule has 0 spiro atoms. The Morgan fingerprint density at radius 1 is 0.889 bits per heavy atom.